The van der Waals surface area contributed by atoms with E-state index in [0.717, 1.165) is 10.9 Å². The molecule has 0 heterocycles. The number of rotatable bonds is 3. The van der Waals surface area contributed by atoms with E-state index in [1.807, 2.05) is 6.08 Å². The summed E-state index contributed by atoms with van der Waals surface area (Å²) >= 11 is 0. The lowest BCUT2D eigenvalue weighted by molar-refractivity contribution is -0.893. The van der Waals surface area contributed by atoms with Gasteiger partial charge in [-0.25, -0.2) is 0 Å². The first kappa shape index (κ1) is 8.70. The summed E-state index contributed by atoms with van der Waals surface area (Å²) < 4.78 is 1.02. The molecule has 0 aliphatic carbocycles. The maximum atomic E-state index is 3.70. The topological polar surface area (TPSA) is 0 Å². The highest BCUT2D eigenvalue weighted by Gasteiger charge is 2.15. The van der Waals surface area contributed by atoms with Crippen LogP contribution in [-0.4, -0.2) is 31.7 Å². The van der Waals surface area contributed by atoms with Gasteiger partial charge >= 0.3 is 0 Å². The Kier molecular flexibility index (Phi) is 2.92. The fraction of sp³-hybridized carbons (Fsp3) is 0.750. The van der Waals surface area contributed by atoms with Crippen molar-refractivity contribution < 1.29 is 4.48 Å². The molecule has 1 atom stereocenters. The van der Waals surface area contributed by atoms with Gasteiger partial charge in [-0.15, -0.1) is 6.58 Å². The van der Waals surface area contributed by atoms with E-state index in [0.29, 0.717) is 6.04 Å². The van der Waals surface area contributed by atoms with Gasteiger partial charge in [0, 0.05) is 6.42 Å². The molecule has 0 aromatic heterocycles. The quantitative estimate of drug-likeness (QED) is 0.400. The van der Waals surface area contributed by atoms with Crippen LogP contribution in [0.5, 0.6) is 0 Å². The van der Waals surface area contributed by atoms with Crippen LogP contribution in [0.1, 0.15) is 13.3 Å². The Hall–Kier alpha value is -0.300. The fourth-order valence-electron chi connectivity index (χ4n) is 0.557. The van der Waals surface area contributed by atoms with Gasteiger partial charge < -0.3 is 4.48 Å². The van der Waals surface area contributed by atoms with Crippen LogP contribution < -0.4 is 0 Å². The van der Waals surface area contributed by atoms with Gasteiger partial charge in [-0.2, -0.15) is 0 Å². The van der Waals surface area contributed by atoms with Crippen molar-refractivity contribution in [1.29, 1.82) is 0 Å². The minimum absolute atomic E-state index is 0.683. The summed E-state index contributed by atoms with van der Waals surface area (Å²) in [4.78, 5) is 0. The Morgan fingerprint density at radius 1 is 1.44 bits per heavy atom. The van der Waals surface area contributed by atoms with Crippen LogP contribution in [0.2, 0.25) is 0 Å². The Labute approximate surface area is 58.6 Å². The summed E-state index contributed by atoms with van der Waals surface area (Å²) in [5, 5.41) is 0. The van der Waals surface area contributed by atoms with Crippen molar-refractivity contribution in [1.82, 2.24) is 0 Å². The van der Waals surface area contributed by atoms with Crippen molar-refractivity contribution in [3.63, 3.8) is 0 Å². The molecule has 0 aliphatic heterocycles. The van der Waals surface area contributed by atoms with Gasteiger partial charge in [0.1, 0.15) is 0 Å². The zero-order valence-electron chi connectivity index (χ0n) is 7.02. The summed E-state index contributed by atoms with van der Waals surface area (Å²) in [5.74, 6) is 0. The van der Waals surface area contributed by atoms with Gasteiger partial charge in [0.15, 0.2) is 0 Å². The average molecular weight is 128 g/mol. The monoisotopic (exact) mass is 128 g/mol. The molecule has 0 saturated carbocycles. The molecular formula is C8H18N+. The third kappa shape index (κ3) is 3.31. The normalized spacial score (nSPS) is 15.1. The third-order valence-electron chi connectivity index (χ3n) is 1.83. The molecule has 0 aliphatic rings. The predicted octanol–water partition coefficient (Wildman–Crippen LogP) is 1.66. The Morgan fingerprint density at radius 3 is 2.00 bits per heavy atom. The molecule has 0 spiro atoms. The molecule has 0 aromatic carbocycles. The lowest BCUT2D eigenvalue weighted by Gasteiger charge is -2.30. The van der Waals surface area contributed by atoms with Crippen LogP contribution in [0.4, 0.5) is 0 Å². The first-order valence-corrected chi connectivity index (χ1v) is 3.40. The van der Waals surface area contributed by atoms with Gasteiger partial charge in [-0.1, -0.05) is 6.08 Å². The smallest absolute Gasteiger partial charge is 0.0890 e. The van der Waals surface area contributed by atoms with Gasteiger partial charge in [0.25, 0.3) is 0 Å². The van der Waals surface area contributed by atoms with Crippen molar-refractivity contribution in [2.75, 3.05) is 21.1 Å². The van der Waals surface area contributed by atoms with E-state index in [1.54, 1.807) is 0 Å². The van der Waals surface area contributed by atoms with Crippen LogP contribution in [0.15, 0.2) is 12.7 Å². The molecule has 54 valence electrons. The largest absolute Gasteiger partial charge is 0.328 e. The highest BCUT2D eigenvalue weighted by Crippen LogP contribution is 2.05. The van der Waals surface area contributed by atoms with E-state index >= 15 is 0 Å². The van der Waals surface area contributed by atoms with Crippen LogP contribution >= 0.6 is 0 Å². The van der Waals surface area contributed by atoms with Crippen LogP contribution in [-0.2, 0) is 0 Å². The molecule has 0 rings (SSSR count). The average Bonchev–Trinajstić information content (AvgIpc) is 1.64. The van der Waals surface area contributed by atoms with Crippen LogP contribution in [0, 0.1) is 0 Å². The second kappa shape index (κ2) is 3.02. The van der Waals surface area contributed by atoms with E-state index in [1.165, 1.54) is 0 Å². The molecule has 0 amide bonds. The molecule has 1 nitrogen and oxygen atoms in total. The van der Waals surface area contributed by atoms with Crippen molar-refractivity contribution in [3.05, 3.63) is 12.7 Å². The molecule has 0 bridgehead atoms. The Balaban J connectivity index is 3.72. The van der Waals surface area contributed by atoms with E-state index in [9.17, 15) is 0 Å². The molecule has 0 N–H and O–H groups in total. The van der Waals surface area contributed by atoms with Gasteiger partial charge in [-0.3, -0.25) is 0 Å². The van der Waals surface area contributed by atoms with Gasteiger partial charge in [-0.05, 0) is 6.92 Å². The molecule has 1 unspecified atom stereocenters. The first-order valence-electron chi connectivity index (χ1n) is 3.40. The van der Waals surface area contributed by atoms with Gasteiger partial charge in [0.05, 0.1) is 27.2 Å². The van der Waals surface area contributed by atoms with Crippen LogP contribution in [0.3, 0.4) is 0 Å². The molecule has 0 aromatic rings. The van der Waals surface area contributed by atoms with E-state index in [-0.39, 0.29) is 0 Å². The Bertz CT molecular complexity index is 89.2. The lowest BCUT2D eigenvalue weighted by Crippen LogP contribution is -2.42. The third-order valence-corrected chi connectivity index (χ3v) is 1.83. The van der Waals surface area contributed by atoms with Crippen LogP contribution in [0.25, 0.3) is 0 Å². The molecular weight excluding hydrogens is 110 g/mol. The molecule has 9 heavy (non-hydrogen) atoms. The predicted molar refractivity (Wildman–Crippen MR) is 42.3 cm³/mol. The number of hydrogen-bond donors (Lipinski definition) is 0. The molecule has 0 fully saturated rings. The fourth-order valence-corrected chi connectivity index (χ4v) is 0.557. The van der Waals surface area contributed by atoms with Crippen molar-refractivity contribution >= 4 is 0 Å². The maximum Gasteiger partial charge on any atom is 0.0890 e. The summed E-state index contributed by atoms with van der Waals surface area (Å²) in [6, 6.07) is 0.683. The standard InChI is InChI=1S/C8H18N/c1-6-7-8(2)9(3,4)5/h6,8H,1,7H2,2-5H3/q+1. The first-order chi connectivity index (χ1) is 3.98. The van der Waals surface area contributed by atoms with E-state index < -0.39 is 0 Å². The SMILES string of the molecule is C=CCC(C)[N+](C)(C)C. The van der Waals surface area contributed by atoms with Crippen molar-refractivity contribution in [2.24, 2.45) is 0 Å². The van der Waals surface area contributed by atoms with Crippen molar-refractivity contribution in [2.45, 2.75) is 19.4 Å². The number of nitrogens with zero attached hydrogens (tertiary/aromatic N) is 1. The maximum absolute atomic E-state index is 3.70. The minimum Gasteiger partial charge on any atom is -0.328 e. The summed E-state index contributed by atoms with van der Waals surface area (Å²) in [5.41, 5.74) is 0. The van der Waals surface area contributed by atoms with Gasteiger partial charge in [0.2, 0.25) is 0 Å². The molecule has 0 radical (unpaired) electrons. The Morgan fingerprint density at radius 2 is 1.89 bits per heavy atom. The summed E-state index contributed by atoms with van der Waals surface area (Å²) in [6.45, 7) is 5.94. The molecule has 1 heteroatoms. The lowest BCUT2D eigenvalue weighted by atomic mass is 10.2. The van der Waals surface area contributed by atoms with Crippen molar-refractivity contribution in [3.8, 4) is 0 Å². The van der Waals surface area contributed by atoms with E-state index in [2.05, 4.69) is 34.6 Å². The summed E-state index contributed by atoms with van der Waals surface area (Å²) in [7, 11) is 6.61. The minimum atomic E-state index is 0.683. The second-order valence-electron chi connectivity index (χ2n) is 3.49. The number of quaternary nitrogens is 1. The highest BCUT2D eigenvalue weighted by molar-refractivity contribution is 4.70. The zero-order valence-corrected chi connectivity index (χ0v) is 7.02. The molecule has 0 saturated heterocycles. The zero-order chi connectivity index (χ0) is 7.49. The summed E-state index contributed by atoms with van der Waals surface area (Å²) in [6.07, 6.45) is 3.08. The second-order valence-corrected chi connectivity index (χ2v) is 3.49. The number of hydrogen-bond acceptors (Lipinski definition) is 0. The van der Waals surface area contributed by atoms with E-state index in [4.69, 9.17) is 0 Å². The highest BCUT2D eigenvalue weighted by atomic mass is 15.3.